The van der Waals surface area contributed by atoms with Crippen molar-refractivity contribution in [1.29, 1.82) is 0 Å². The molecular weight excluding hydrogens is 320 g/mol. The van der Waals surface area contributed by atoms with E-state index in [9.17, 15) is 17.6 Å². The smallest absolute Gasteiger partial charge is 0.204 e. The van der Waals surface area contributed by atoms with Crippen LogP contribution < -0.4 is 4.74 Å². The molecule has 1 aromatic carbocycles. The minimum absolute atomic E-state index is 0.141. The van der Waals surface area contributed by atoms with Crippen molar-refractivity contribution >= 4 is 0 Å². The molecule has 0 bridgehead atoms. The third-order valence-electron chi connectivity index (χ3n) is 4.63. The fraction of sp³-hybridized carbons (Fsp3) is 0.579. The van der Waals surface area contributed by atoms with Crippen molar-refractivity contribution < 1.29 is 22.3 Å². The lowest BCUT2D eigenvalue weighted by molar-refractivity contribution is 0.130. The molecule has 0 heterocycles. The van der Waals surface area contributed by atoms with Gasteiger partial charge in [-0.05, 0) is 38.0 Å². The molecule has 0 saturated carbocycles. The maximum absolute atomic E-state index is 14.2. The van der Waals surface area contributed by atoms with Gasteiger partial charge in [0, 0.05) is 11.0 Å². The summed E-state index contributed by atoms with van der Waals surface area (Å²) in [6.45, 7) is 5.34. The maximum Gasteiger partial charge on any atom is 0.204 e. The lowest BCUT2D eigenvalue weighted by atomic mass is 9.80. The van der Waals surface area contributed by atoms with E-state index in [1.54, 1.807) is 13.8 Å². The first-order valence-corrected chi connectivity index (χ1v) is 8.40. The van der Waals surface area contributed by atoms with Crippen LogP contribution >= 0.6 is 0 Å². The number of halogens is 4. The van der Waals surface area contributed by atoms with E-state index in [4.69, 9.17) is 4.74 Å². The van der Waals surface area contributed by atoms with E-state index in [1.807, 2.05) is 6.92 Å². The molecule has 134 valence electrons. The molecule has 0 spiro atoms. The van der Waals surface area contributed by atoms with Crippen molar-refractivity contribution in [2.24, 2.45) is 5.41 Å². The van der Waals surface area contributed by atoms with Crippen molar-refractivity contribution in [1.82, 2.24) is 0 Å². The van der Waals surface area contributed by atoms with Gasteiger partial charge in [-0.15, -0.1) is 0 Å². The topological polar surface area (TPSA) is 9.23 Å². The molecule has 1 nitrogen and oxygen atoms in total. The molecule has 1 aliphatic carbocycles. The molecule has 0 N–H and O–H groups in total. The van der Waals surface area contributed by atoms with E-state index in [0.717, 1.165) is 32.1 Å². The fourth-order valence-electron chi connectivity index (χ4n) is 3.12. The van der Waals surface area contributed by atoms with Gasteiger partial charge in [0.1, 0.15) is 0 Å². The monoisotopic (exact) mass is 344 g/mol. The summed E-state index contributed by atoms with van der Waals surface area (Å²) in [5.74, 6) is -7.46. The molecule has 5 heteroatoms. The van der Waals surface area contributed by atoms with Gasteiger partial charge < -0.3 is 4.74 Å². The highest BCUT2D eigenvalue weighted by Crippen LogP contribution is 2.38. The first-order chi connectivity index (χ1) is 11.3. The van der Waals surface area contributed by atoms with Crippen molar-refractivity contribution in [3.63, 3.8) is 0 Å². The Morgan fingerprint density at radius 3 is 2.25 bits per heavy atom. The van der Waals surface area contributed by atoms with Crippen LogP contribution in [0.15, 0.2) is 12.2 Å². The largest absolute Gasteiger partial charge is 0.489 e. The van der Waals surface area contributed by atoms with Crippen molar-refractivity contribution in [3.05, 3.63) is 41.0 Å². The average molecular weight is 344 g/mol. The predicted octanol–water partition coefficient (Wildman–Crippen LogP) is 6.27. The standard InChI is InChI=1S/C19H24F4O/c1-12(2)13-14(20)15(21)16(22)17(23)18(13)24-11-19(3)9-7-5-4-6-8-10-19/h4-5,12H,6-11H2,1-3H3/b5-4-. The SMILES string of the molecule is CC(C)c1c(F)c(F)c(F)c(F)c1OCC1(C)CC/C=C\CCC1. The average Bonchev–Trinajstić information content (AvgIpc) is 2.51. The summed E-state index contributed by atoms with van der Waals surface area (Å²) in [5, 5.41) is 0. The molecule has 0 aliphatic heterocycles. The molecule has 1 aliphatic rings. The van der Waals surface area contributed by atoms with Crippen LogP contribution in [0.1, 0.15) is 64.4 Å². The first kappa shape index (κ1) is 18.8. The molecule has 1 unspecified atom stereocenters. The van der Waals surface area contributed by atoms with Gasteiger partial charge in [-0.25, -0.2) is 13.2 Å². The Balaban J connectivity index is 2.30. The minimum Gasteiger partial charge on any atom is -0.489 e. The zero-order chi connectivity index (χ0) is 17.9. The summed E-state index contributed by atoms with van der Waals surface area (Å²) < 4.78 is 60.9. The summed E-state index contributed by atoms with van der Waals surface area (Å²) in [7, 11) is 0. The Morgan fingerprint density at radius 1 is 0.958 bits per heavy atom. The van der Waals surface area contributed by atoms with Crippen molar-refractivity contribution in [2.45, 2.75) is 58.8 Å². The Kier molecular flexibility index (Phi) is 5.94. The third-order valence-corrected chi connectivity index (χ3v) is 4.63. The van der Waals surface area contributed by atoms with Crippen LogP contribution in [0.3, 0.4) is 0 Å². The molecule has 24 heavy (non-hydrogen) atoms. The van der Waals surface area contributed by atoms with E-state index in [0.29, 0.717) is 0 Å². The number of rotatable bonds is 4. The van der Waals surface area contributed by atoms with Gasteiger partial charge in [0.25, 0.3) is 0 Å². The Labute approximate surface area is 140 Å². The van der Waals surface area contributed by atoms with Gasteiger partial charge in [0.05, 0.1) is 6.61 Å². The summed E-state index contributed by atoms with van der Waals surface area (Å²) in [6.07, 6.45) is 8.79. The number of benzene rings is 1. The molecule has 0 aromatic heterocycles. The van der Waals surface area contributed by atoms with Gasteiger partial charge in [-0.2, -0.15) is 4.39 Å². The second-order valence-corrected chi connectivity index (χ2v) is 7.16. The van der Waals surface area contributed by atoms with Crippen LogP contribution in [0.25, 0.3) is 0 Å². The second kappa shape index (κ2) is 7.58. The van der Waals surface area contributed by atoms with Crippen LogP contribution in [0.4, 0.5) is 17.6 Å². The normalized spacial score (nSPS) is 23.0. The Morgan fingerprint density at radius 2 is 1.58 bits per heavy atom. The minimum atomic E-state index is -1.82. The summed E-state index contributed by atoms with van der Waals surface area (Å²) in [5.41, 5.74) is -0.465. The third kappa shape index (κ3) is 3.93. The number of hydrogen-bond donors (Lipinski definition) is 0. The Hall–Kier alpha value is -1.52. The van der Waals surface area contributed by atoms with Crippen molar-refractivity contribution in [2.75, 3.05) is 6.61 Å². The summed E-state index contributed by atoms with van der Waals surface area (Å²) in [6, 6.07) is 0. The van der Waals surface area contributed by atoms with Crippen LogP contribution in [-0.2, 0) is 0 Å². The predicted molar refractivity (Wildman–Crippen MR) is 86.2 cm³/mol. The number of allylic oxidation sites excluding steroid dienone is 2. The molecule has 2 rings (SSSR count). The molecule has 0 radical (unpaired) electrons. The van der Waals surface area contributed by atoms with Crippen LogP contribution in [-0.4, -0.2) is 6.61 Å². The number of ether oxygens (including phenoxy) is 1. The van der Waals surface area contributed by atoms with Crippen LogP contribution in [0.5, 0.6) is 5.75 Å². The molecule has 0 amide bonds. The van der Waals surface area contributed by atoms with Gasteiger partial charge in [-0.3, -0.25) is 0 Å². The zero-order valence-electron chi connectivity index (χ0n) is 14.4. The quantitative estimate of drug-likeness (QED) is 0.271. The van der Waals surface area contributed by atoms with Crippen molar-refractivity contribution in [3.8, 4) is 5.75 Å². The lowest BCUT2D eigenvalue weighted by Gasteiger charge is -2.31. The van der Waals surface area contributed by atoms with Gasteiger partial charge in [0.2, 0.25) is 11.6 Å². The van der Waals surface area contributed by atoms with E-state index in [-0.39, 0.29) is 17.6 Å². The van der Waals surface area contributed by atoms with Gasteiger partial charge >= 0.3 is 0 Å². The summed E-state index contributed by atoms with van der Waals surface area (Å²) in [4.78, 5) is 0. The van der Waals surface area contributed by atoms with Gasteiger partial charge in [-0.1, -0.05) is 32.9 Å². The molecule has 0 fully saturated rings. The van der Waals surface area contributed by atoms with E-state index in [2.05, 4.69) is 12.2 Å². The van der Waals surface area contributed by atoms with Crippen LogP contribution in [0, 0.1) is 28.7 Å². The highest BCUT2D eigenvalue weighted by molar-refractivity contribution is 5.40. The highest BCUT2D eigenvalue weighted by Gasteiger charge is 2.31. The maximum atomic E-state index is 14.2. The second-order valence-electron chi connectivity index (χ2n) is 7.16. The molecule has 1 aromatic rings. The number of hydrogen-bond acceptors (Lipinski definition) is 1. The fourth-order valence-corrected chi connectivity index (χ4v) is 3.12. The molecule has 1 atom stereocenters. The highest BCUT2D eigenvalue weighted by atomic mass is 19.2. The van der Waals surface area contributed by atoms with Crippen LogP contribution in [0.2, 0.25) is 0 Å². The lowest BCUT2D eigenvalue weighted by Crippen LogP contribution is -2.26. The Bertz CT molecular complexity index is 625. The zero-order valence-corrected chi connectivity index (χ0v) is 14.4. The molecular formula is C19H24F4O. The van der Waals surface area contributed by atoms with E-state index >= 15 is 0 Å². The first-order valence-electron chi connectivity index (χ1n) is 8.40. The van der Waals surface area contributed by atoms with E-state index in [1.165, 1.54) is 0 Å². The van der Waals surface area contributed by atoms with E-state index < -0.39 is 34.9 Å². The molecule has 0 saturated heterocycles. The van der Waals surface area contributed by atoms with Gasteiger partial charge in [0.15, 0.2) is 17.4 Å². The summed E-state index contributed by atoms with van der Waals surface area (Å²) >= 11 is 0.